The number of fused-ring (bicyclic) bond motifs is 5. The Balaban J connectivity index is 1.47. The smallest absolute Gasteiger partial charge is 0.323 e. The molecule has 2 aliphatic rings. The third-order valence-electron chi connectivity index (χ3n) is 8.95. The van der Waals surface area contributed by atoms with Crippen LogP contribution in [0.15, 0.2) is 109 Å². The Bertz CT molecular complexity index is 1930. The zero-order valence-corrected chi connectivity index (χ0v) is 24.0. The average Bonchev–Trinajstić information content (AvgIpc) is 3.01. The van der Waals surface area contributed by atoms with Crippen molar-refractivity contribution >= 4 is 44.5 Å². The number of anilines is 2. The van der Waals surface area contributed by atoms with Crippen molar-refractivity contribution in [2.75, 3.05) is 4.90 Å². The molecule has 0 fully saturated rings. The number of allylic oxidation sites excluding steroid dienone is 2. The summed E-state index contributed by atoms with van der Waals surface area (Å²) in [6, 6.07) is 30.8. The Labute approximate surface area is 246 Å². The second-order valence-corrected chi connectivity index (χ2v) is 11.7. The summed E-state index contributed by atoms with van der Waals surface area (Å²) in [6.45, 7) is 4.32. The number of aliphatic hydroxyl groups excluding tert-OH is 1. The molecule has 0 saturated carbocycles. The molecule has 4 nitrogen and oxygen atoms in total. The average molecular weight is 551 g/mol. The van der Waals surface area contributed by atoms with Crippen LogP contribution in [0, 0.1) is 0 Å². The maximum Gasteiger partial charge on any atom is 0.323 e. The van der Waals surface area contributed by atoms with Gasteiger partial charge >= 0.3 is 6.03 Å². The molecule has 1 atom stereocenters. The molecule has 0 heterocycles. The molecule has 2 aliphatic carbocycles. The van der Waals surface area contributed by atoms with E-state index in [1.54, 1.807) is 4.90 Å². The highest BCUT2D eigenvalue weighted by Crippen LogP contribution is 2.46. The molecule has 5 aromatic carbocycles. The van der Waals surface area contributed by atoms with E-state index in [4.69, 9.17) is 5.73 Å². The molecular weight excluding hydrogens is 516 g/mol. The molecule has 2 amide bonds. The predicted octanol–water partition coefficient (Wildman–Crippen LogP) is 9.02. The van der Waals surface area contributed by atoms with Gasteiger partial charge in [-0.2, -0.15) is 0 Å². The van der Waals surface area contributed by atoms with Crippen molar-refractivity contribution in [3.05, 3.63) is 125 Å². The summed E-state index contributed by atoms with van der Waals surface area (Å²) in [5, 5.41) is 15.0. The number of carbonyl (C=O) groups is 1. The molecular formula is C38H34N2O2. The maximum absolute atomic E-state index is 13.3. The van der Waals surface area contributed by atoms with Gasteiger partial charge in [0.1, 0.15) is 0 Å². The Morgan fingerprint density at radius 2 is 1.57 bits per heavy atom. The van der Waals surface area contributed by atoms with Crippen LogP contribution in [-0.4, -0.2) is 17.2 Å². The normalized spacial score (nSPS) is 16.1. The van der Waals surface area contributed by atoms with Crippen molar-refractivity contribution in [2.24, 2.45) is 5.73 Å². The minimum absolute atomic E-state index is 0.384. The molecule has 0 saturated heterocycles. The van der Waals surface area contributed by atoms with Gasteiger partial charge in [-0.15, -0.1) is 0 Å². The van der Waals surface area contributed by atoms with E-state index in [0.717, 1.165) is 57.1 Å². The monoisotopic (exact) mass is 550 g/mol. The van der Waals surface area contributed by atoms with E-state index in [1.165, 1.54) is 27.6 Å². The predicted molar refractivity (Wildman–Crippen MR) is 174 cm³/mol. The van der Waals surface area contributed by atoms with Crippen molar-refractivity contribution in [1.82, 2.24) is 0 Å². The fourth-order valence-corrected chi connectivity index (χ4v) is 6.83. The molecule has 0 aromatic heterocycles. The summed E-state index contributed by atoms with van der Waals surface area (Å²) in [7, 11) is 0. The van der Waals surface area contributed by atoms with Crippen LogP contribution in [0.3, 0.4) is 0 Å². The van der Waals surface area contributed by atoms with Crippen molar-refractivity contribution in [3.8, 4) is 11.1 Å². The van der Waals surface area contributed by atoms with E-state index in [0.29, 0.717) is 12.3 Å². The van der Waals surface area contributed by atoms with Crippen LogP contribution in [0.5, 0.6) is 0 Å². The lowest BCUT2D eigenvalue weighted by molar-refractivity contribution is 0.209. The third-order valence-corrected chi connectivity index (χ3v) is 8.95. The summed E-state index contributed by atoms with van der Waals surface area (Å²) < 4.78 is 0. The van der Waals surface area contributed by atoms with Gasteiger partial charge in [0.05, 0.1) is 17.5 Å². The van der Waals surface area contributed by atoms with E-state index >= 15 is 0 Å². The Morgan fingerprint density at radius 1 is 0.810 bits per heavy atom. The Hall–Kier alpha value is -4.67. The first-order valence-electron chi connectivity index (χ1n) is 14.8. The number of benzene rings is 5. The highest BCUT2D eigenvalue weighted by molar-refractivity contribution is 6.15. The third kappa shape index (κ3) is 4.22. The largest absolute Gasteiger partial charge is 0.388 e. The minimum Gasteiger partial charge on any atom is -0.388 e. The van der Waals surface area contributed by atoms with Crippen LogP contribution in [0.25, 0.3) is 38.2 Å². The lowest BCUT2D eigenvalue weighted by Gasteiger charge is -2.29. The zero-order valence-electron chi connectivity index (χ0n) is 24.0. The van der Waals surface area contributed by atoms with E-state index in [2.05, 4.69) is 92.7 Å². The van der Waals surface area contributed by atoms with Gasteiger partial charge in [0.25, 0.3) is 0 Å². The molecule has 0 radical (unpaired) electrons. The van der Waals surface area contributed by atoms with Gasteiger partial charge in [-0.25, -0.2) is 4.79 Å². The standard InChI is InChI=1S/C38H34N2O2/c1-23(2)24-13-16-26(17-14-24)40(38(39)42)37-27-8-4-3-7-25(27)15-18-35(37)30-10-5-9-28-31(30)19-20-33-29-11-6-12-36(41)34(29)22-21-32(28)33/h3-11,13-20,23,36,41H,12,21-22H2,1-2H3,(H2,39,42). The van der Waals surface area contributed by atoms with Crippen molar-refractivity contribution in [1.29, 1.82) is 0 Å². The lowest BCUT2D eigenvalue weighted by Crippen LogP contribution is -2.32. The van der Waals surface area contributed by atoms with Gasteiger partial charge in [0.15, 0.2) is 0 Å². The van der Waals surface area contributed by atoms with Gasteiger partial charge < -0.3 is 10.8 Å². The number of aryl methyl sites for hydroxylation is 1. The van der Waals surface area contributed by atoms with Crippen LogP contribution < -0.4 is 10.6 Å². The first-order valence-corrected chi connectivity index (χ1v) is 14.8. The number of hydrogen-bond acceptors (Lipinski definition) is 2. The quantitative estimate of drug-likeness (QED) is 0.234. The zero-order chi connectivity index (χ0) is 29.0. The van der Waals surface area contributed by atoms with Gasteiger partial charge in [-0.05, 0) is 86.9 Å². The van der Waals surface area contributed by atoms with Crippen LogP contribution in [0.4, 0.5) is 16.2 Å². The summed E-state index contributed by atoms with van der Waals surface area (Å²) >= 11 is 0. The van der Waals surface area contributed by atoms with Gasteiger partial charge in [0.2, 0.25) is 0 Å². The highest BCUT2D eigenvalue weighted by atomic mass is 16.3. The number of primary amides is 1. The fourth-order valence-electron chi connectivity index (χ4n) is 6.83. The van der Waals surface area contributed by atoms with Crippen molar-refractivity contribution in [3.63, 3.8) is 0 Å². The van der Waals surface area contributed by atoms with Gasteiger partial charge in [0, 0.05) is 10.9 Å². The molecule has 4 heteroatoms. The van der Waals surface area contributed by atoms with E-state index in [-0.39, 0.29) is 0 Å². The highest BCUT2D eigenvalue weighted by Gasteiger charge is 2.27. The summed E-state index contributed by atoms with van der Waals surface area (Å²) in [5.74, 6) is 0.384. The number of nitrogens with two attached hydrogens (primary N) is 1. The number of carbonyl (C=O) groups excluding carboxylic acids is 1. The van der Waals surface area contributed by atoms with Crippen LogP contribution in [0.2, 0.25) is 0 Å². The van der Waals surface area contributed by atoms with Crippen LogP contribution in [-0.2, 0) is 6.42 Å². The summed E-state index contributed by atoms with van der Waals surface area (Å²) in [5.41, 5.74) is 15.7. The summed E-state index contributed by atoms with van der Waals surface area (Å²) in [4.78, 5) is 14.9. The first kappa shape index (κ1) is 26.2. The molecule has 5 aromatic rings. The van der Waals surface area contributed by atoms with E-state index in [9.17, 15) is 9.90 Å². The van der Waals surface area contributed by atoms with E-state index in [1.807, 2.05) is 24.3 Å². The number of aliphatic hydroxyl groups is 1. The number of amides is 2. The molecule has 42 heavy (non-hydrogen) atoms. The van der Waals surface area contributed by atoms with Gasteiger partial charge in [-0.3, -0.25) is 4.90 Å². The number of hydrogen-bond donors (Lipinski definition) is 2. The minimum atomic E-state index is -0.523. The van der Waals surface area contributed by atoms with Gasteiger partial charge in [-0.1, -0.05) is 105 Å². The summed E-state index contributed by atoms with van der Waals surface area (Å²) in [6.07, 6.45) is 6.29. The number of nitrogens with zero attached hydrogens (tertiary/aromatic N) is 1. The molecule has 3 N–H and O–H groups in total. The second kappa shape index (κ2) is 10.3. The molecule has 0 aliphatic heterocycles. The lowest BCUT2D eigenvalue weighted by atomic mass is 9.78. The Kier molecular flexibility index (Phi) is 6.44. The van der Waals surface area contributed by atoms with Crippen molar-refractivity contribution < 1.29 is 9.90 Å². The SMILES string of the molecule is CC(C)c1ccc(N(C(N)=O)c2c(-c3cccc4c5c(ccc34)C3=C(CC5)C(O)CC=C3)ccc3ccccc23)cc1. The number of rotatable bonds is 4. The second-order valence-electron chi connectivity index (χ2n) is 11.7. The molecule has 0 bridgehead atoms. The van der Waals surface area contributed by atoms with E-state index < -0.39 is 12.1 Å². The topological polar surface area (TPSA) is 66.6 Å². The molecule has 208 valence electrons. The Morgan fingerprint density at radius 3 is 2.36 bits per heavy atom. The van der Waals surface area contributed by atoms with Crippen LogP contribution in [0.1, 0.15) is 49.3 Å². The molecule has 1 unspecified atom stereocenters. The van der Waals surface area contributed by atoms with Crippen molar-refractivity contribution in [2.45, 2.75) is 45.1 Å². The first-order chi connectivity index (χ1) is 20.4. The molecule has 0 spiro atoms. The molecule has 7 rings (SSSR count). The number of urea groups is 1. The van der Waals surface area contributed by atoms with Crippen LogP contribution >= 0.6 is 0 Å². The maximum atomic E-state index is 13.3. The fraction of sp³-hybridized carbons (Fsp3) is 0.184.